The molecule has 0 saturated heterocycles. The highest BCUT2D eigenvalue weighted by Crippen LogP contribution is 2.19. The van der Waals surface area contributed by atoms with Crippen molar-refractivity contribution < 1.29 is 9.13 Å². The van der Waals surface area contributed by atoms with Crippen LogP contribution in [0.3, 0.4) is 0 Å². The SMILES string of the molecule is COc1ccc(CCC(C)(N)C#N)cc1F. The maximum atomic E-state index is 13.3. The number of halogens is 1. The van der Waals surface area contributed by atoms with E-state index in [-0.39, 0.29) is 5.75 Å². The highest BCUT2D eigenvalue weighted by Gasteiger charge is 2.17. The molecule has 0 heterocycles. The van der Waals surface area contributed by atoms with Crippen LogP contribution >= 0.6 is 0 Å². The van der Waals surface area contributed by atoms with Gasteiger partial charge in [0.15, 0.2) is 11.6 Å². The predicted molar refractivity (Wildman–Crippen MR) is 59.5 cm³/mol. The topological polar surface area (TPSA) is 59.0 Å². The molecule has 0 fully saturated rings. The molecule has 0 aliphatic carbocycles. The Morgan fingerprint density at radius 3 is 2.75 bits per heavy atom. The van der Waals surface area contributed by atoms with Crippen LogP contribution in [0.5, 0.6) is 5.75 Å². The Hall–Kier alpha value is -1.60. The monoisotopic (exact) mass is 222 g/mol. The van der Waals surface area contributed by atoms with Crippen molar-refractivity contribution in [3.8, 4) is 11.8 Å². The molecule has 0 amide bonds. The molecule has 1 aromatic rings. The molecule has 4 heteroatoms. The number of ether oxygens (including phenoxy) is 1. The van der Waals surface area contributed by atoms with Gasteiger partial charge in [-0.1, -0.05) is 6.07 Å². The van der Waals surface area contributed by atoms with Crippen LogP contribution in [0, 0.1) is 17.1 Å². The van der Waals surface area contributed by atoms with Gasteiger partial charge < -0.3 is 10.5 Å². The molecule has 0 aliphatic heterocycles. The summed E-state index contributed by atoms with van der Waals surface area (Å²) in [6, 6.07) is 6.76. The molecule has 16 heavy (non-hydrogen) atoms. The summed E-state index contributed by atoms with van der Waals surface area (Å²) in [7, 11) is 1.42. The summed E-state index contributed by atoms with van der Waals surface area (Å²) < 4.78 is 18.1. The van der Waals surface area contributed by atoms with Crippen molar-refractivity contribution in [1.29, 1.82) is 5.26 Å². The third kappa shape index (κ3) is 3.21. The average Bonchev–Trinajstić information content (AvgIpc) is 2.27. The molecule has 2 N–H and O–H groups in total. The lowest BCUT2D eigenvalue weighted by molar-refractivity contribution is 0.386. The van der Waals surface area contributed by atoms with Gasteiger partial charge in [-0.25, -0.2) is 4.39 Å². The molecule has 3 nitrogen and oxygen atoms in total. The second-order valence-electron chi connectivity index (χ2n) is 4.00. The van der Waals surface area contributed by atoms with Crippen LogP contribution in [0.25, 0.3) is 0 Å². The van der Waals surface area contributed by atoms with Gasteiger partial charge in [0.2, 0.25) is 0 Å². The van der Waals surface area contributed by atoms with Crippen LogP contribution in [0.4, 0.5) is 4.39 Å². The first-order valence-corrected chi connectivity index (χ1v) is 5.01. The summed E-state index contributed by atoms with van der Waals surface area (Å²) in [5.41, 5.74) is 5.62. The smallest absolute Gasteiger partial charge is 0.165 e. The van der Waals surface area contributed by atoms with Crippen LogP contribution in [0.2, 0.25) is 0 Å². The van der Waals surface area contributed by atoms with Gasteiger partial charge >= 0.3 is 0 Å². The maximum absolute atomic E-state index is 13.3. The van der Waals surface area contributed by atoms with E-state index in [4.69, 9.17) is 15.7 Å². The summed E-state index contributed by atoms with van der Waals surface area (Å²) in [6.07, 6.45) is 1.07. The molecule has 0 radical (unpaired) electrons. The molecule has 1 rings (SSSR count). The summed E-state index contributed by atoms with van der Waals surface area (Å²) in [4.78, 5) is 0. The van der Waals surface area contributed by atoms with E-state index in [1.807, 2.05) is 6.07 Å². The normalized spacial score (nSPS) is 13.9. The van der Waals surface area contributed by atoms with Gasteiger partial charge in [0, 0.05) is 0 Å². The molecule has 1 atom stereocenters. The van der Waals surface area contributed by atoms with Crippen molar-refractivity contribution in [2.24, 2.45) is 5.73 Å². The van der Waals surface area contributed by atoms with E-state index < -0.39 is 11.4 Å². The Kier molecular flexibility index (Phi) is 3.86. The fourth-order valence-corrected chi connectivity index (χ4v) is 1.33. The molecule has 0 aromatic heterocycles. The van der Waals surface area contributed by atoms with Crippen molar-refractivity contribution in [3.63, 3.8) is 0 Å². The summed E-state index contributed by atoms with van der Waals surface area (Å²) in [5.74, 6) is -0.171. The fourth-order valence-electron chi connectivity index (χ4n) is 1.33. The highest BCUT2D eigenvalue weighted by molar-refractivity contribution is 5.29. The highest BCUT2D eigenvalue weighted by atomic mass is 19.1. The molecule has 1 aromatic carbocycles. The minimum atomic E-state index is -0.865. The molecule has 0 spiro atoms. The van der Waals surface area contributed by atoms with E-state index in [0.717, 1.165) is 5.56 Å². The van der Waals surface area contributed by atoms with Gasteiger partial charge in [-0.2, -0.15) is 5.26 Å². The van der Waals surface area contributed by atoms with Crippen LogP contribution in [-0.2, 0) is 6.42 Å². The van der Waals surface area contributed by atoms with E-state index in [2.05, 4.69) is 0 Å². The number of nitrogens with two attached hydrogens (primary N) is 1. The minimum Gasteiger partial charge on any atom is -0.494 e. The Bertz CT molecular complexity index is 410. The standard InChI is InChI=1S/C12H15FN2O/c1-12(15,8-14)6-5-9-3-4-11(16-2)10(13)7-9/h3-4,7H,5-6,15H2,1-2H3. The predicted octanol–water partition coefficient (Wildman–Crippen LogP) is 2.01. The van der Waals surface area contributed by atoms with Gasteiger partial charge in [0.1, 0.15) is 5.54 Å². The Balaban J connectivity index is 2.70. The third-order valence-electron chi connectivity index (χ3n) is 2.40. The summed E-state index contributed by atoms with van der Waals surface area (Å²) >= 11 is 0. The zero-order chi connectivity index (χ0) is 12.2. The van der Waals surface area contributed by atoms with Crippen molar-refractivity contribution in [3.05, 3.63) is 29.6 Å². The maximum Gasteiger partial charge on any atom is 0.165 e. The van der Waals surface area contributed by atoms with Gasteiger partial charge in [0.05, 0.1) is 13.2 Å². The number of methoxy groups -OCH3 is 1. The van der Waals surface area contributed by atoms with Gasteiger partial charge in [-0.15, -0.1) is 0 Å². The first-order chi connectivity index (χ1) is 7.48. The lowest BCUT2D eigenvalue weighted by atomic mass is 9.96. The quantitative estimate of drug-likeness (QED) is 0.847. The van der Waals surface area contributed by atoms with Gasteiger partial charge in [-0.3, -0.25) is 0 Å². The average molecular weight is 222 g/mol. The van der Waals surface area contributed by atoms with Crippen molar-refractivity contribution in [2.45, 2.75) is 25.3 Å². The third-order valence-corrected chi connectivity index (χ3v) is 2.40. The van der Waals surface area contributed by atoms with Crippen molar-refractivity contribution in [1.82, 2.24) is 0 Å². The van der Waals surface area contributed by atoms with Crippen LogP contribution in [0.1, 0.15) is 18.9 Å². The largest absolute Gasteiger partial charge is 0.494 e. The second-order valence-corrected chi connectivity index (χ2v) is 4.00. The van der Waals surface area contributed by atoms with Crippen molar-refractivity contribution >= 4 is 0 Å². The van der Waals surface area contributed by atoms with E-state index in [0.29, 0.717) is 12.8 Å². The number of nitrogens with zero attached hydrogens (tertiary/aromatic N) is 1. The van der Waals surface area contributed by atoms with Crippen molar-refractivity contribution in [2.75, 3.05) is 7.11 Å². The number of hydrogen-bond acceptors (Lipinski definition) is 3. The lowest BCUT2D eigenvalue weighted by Crippen LogP contribution is -2.34. The van der Waals surface area contributed by atoms with Crippen LogP contribution < -0.4 is 10.5 Å². The number of hydrogen-bond donors (Lipinski definition) is 1. The Morgan fingerprint density at radius 2 is 2.25 bits per heavy atom. The molecule has 0 bridgehead atoms. The first kappa shape index (κ1) is 12.5. The second kappa shape index (κ2) is 4.95. The van der Waals surface area contributed by atoms with Gasteiger partial charge in [-0.05, 0) is 37.5 Å². The van der Waals surface area contributed by atoms with E-state index >= 15 is 0 Å². The van der Waals surface area contributed by atoms with E-state index in [1.54, 1.807) is 19.1 Å². The number of rotatable bonds is 4. The zero-order valence-corrected chi connectivity index (χ0v) is 9.46. The molecule has 86 valence electrons. The van der Waals surface area contributed by atoms with Crippen LogP contribution in [0.15, 0.2) is 18.2 Å². The fraction of sp³-hybridized carbons (Fsp3) is 0.417. The molecular formula is C12H15FN2O. The molecular weight excluding hydrogens is 207 g/mol. The molecule has 0 saturated carbocycles. The van der Waals surface area contributed by atoms with E-state index in [1.165, 1.54) is 13.2 Å². The molecule has 1 unspecified atom stereocenters. The first-order valence-electron chi connectivity index (χ1n) is 5.01. The Labute approximate surface area is 94.6 Å². The summed E-state index contributed by atoms with van der Waals surface area (Å²) in [6.45, 7) is 1.66. The number of nitriles is 1. The number of benzene rings is 1. The number of aryl methyl sites for hydroxylation is 1. The molecule has 0 aliphatic rings. The minimum absolute atomic E-state index is 0.222. The van der Waals surface area contributed by atoms with Gasteiger partial charge in [0.25, 0.3) is 0 Å². The van der Waals surface area contributed by atoms with E-state index in [9.17, 15) is 4.39 Å². The Morgan fingerprint density at radius 1 is 1.56 bits per heavy atom. The zero-order valence-electron chi connectivity index (χ0n) is 9.46. The lowest BCUT2D eigenvalue weighted by Gasteiger charge is -2.14. The summed E-state index contributed by atoms with van der Waals surface area (Å²) in [5, 5.41) is 8.74. The van der Waals surface area contributed by atoms with Crippen LogP contribution in [-0.4, -0.2) is 12.6 Å².